The number of halogens is 2. The van der Waals surface area contributed by atoms with E-state index in [1.807, 2.05) is 24.3 Å². The first-order valence-electron chi connectivity index (χ1n) is 6.85. The first kappa shape index (κ1) is 16.5. The van der Waals surface area contributed by atoms with Crippen LogP contribution >= 0.6 is 23.2 Å². The van der Waals surface area contributed by atoms with E-state index in [2.05, 4.69) is 4.98 Å². The highest BCUT2D eigenvalue weighted by Gasteiger charge is 2.06. The fourth-order valence-corrected chi connectivity index (χ4v) is 2.25. The molecule has 0 spiro atoms. The number of aromatic nitrogens is 1. The molecule has 1 aromatic carbocycles. The van der Waals surface area contributed by atoms with Crippen LogP contribution < -0.4 is 0 Å². The van der Waals surface area contributed by atoms with Crippen LogP contribution in [0.5, 0.6) is 0 Å². The lowest BCUT2D eigenvalue weighted by Gasteiger charge is -2.14. The van der Waals surface area contributed by atoms with Crippen LogP contribution in [0.4, 0.5) is 0 Å². The molecule has 0 aliphatic carbocycles. The molecule has 2 rings (SSSR count). The minimum Gasteiger partial charge on any atom is -0.342 e. The van der Waals surface area contributed by atoms with Crippen molar-refractivity contribution < 1.29 is 4.79 Å². The fraction of sp³-hybridized carbons (Fsp3) is 0.176. The van der Waals surface area contributed by atoms with E-state index in [4.69, 9.17) is 23.2 Å². The molecule has 0 saturated heterocycles. The standard InChI is InChI=1S/C17H16Cl2N2O/c1-21(12-10-14-6-2-3-11-20-14)16(22)9-8-13-5-4-7-15(18)17(13)19/h2-9,11H,10,12H2,1H3/b9-8+. The maximum Gasteiger partial charge on any atom is 0.246 e. The smallest absolute Gasteiger partial charge is 0.246 e. The Hall–Kier alpha value is -1.84. The van der Waals surface area contributed by atoms with Gasteiger partial charge in [0.1, 0.15) is 0 Å². The number of rotatable bonds is 5. The zero-order chi connectivity index (χ0) is 15.9. The van der Waals surface area contributed by atoms with Crippen molar-refractivity contribution in [3.8, 4) is 0 Å². The molecule has 2 aromatic rings. The average molecular weight is 335 g/mol. The topological polar surface area (TPSA) is 33.2 Å². The van der Waals surface area contributed by atoms with E-state index in [1.54, 1.807) is 36.4 Å². The minimum atomic E-state index is -0.0908. The number of pyridine rings is 1. The van der Waals surface area contributed by atoms with Crippen LogP contribution in [0.2, 0.25) is 10.0 Å². The van der Waals surface area contributed by atoms with Gasteiger partial charge in [0.2, 0.25) is 5.91 Å². The van der Waals surface area contributed by atoms with Gasteiger partial charge in [-0.3, -0.25) is 9.78 Å². The SMILES string of the molecule is CN(CCc1ccccn1)C(=O)/C=C/c1cccc(Cl)c1Cl. The molecule has 0 N–H and O–H groups in total. The summed E-state index contributed by atoms with van der Waals surface area (Å²) in [4.78, 5) is 18.0. The largest absolute Gasteiger partial charge is 0.342 e. The maximum absolute atomic E-state index is 12.1. The van der Waals surface area contributed by atoms with Crippen molar-refractivity contribution in [2.45, 2.75) is 6.42 Å². The second-order valence-electron chi connectivity index (χ2n) is 4.81. The number of benzene rings is 1. The van der Waals surface area contributed by atoms with Crippen LogP contribution in [0.1, 0.15) is 11.3 Å². The second kappa shape index (κ2) is 7.97. The molecule has 22 heavy (non-hydrogen) atoms. The summed E-state index contributed by atoms with van der Waals surface area (Å²) in [7, 11) is 1.76. The normalized spacial score (nSPS) is 10.9. The van der Waals surface area contributed by atoms with Crippen molar-refractivity contribution >= 4 is 35.2 Å². The molecule has 3 nitrogen and oxygen atoms in total. The third-order valence-electron chi connectivity index (χ3n) is 3.19. The Kier molecular flexibility index (Phi) is 5.99. The van der Waals surface area contributed by atoms with E-state index in [0.717, 1.165) is 17.7 Å². The summed E-state index contributed by atoms with van der Waals surface area (Å²) in [5.41, 5.74) is 1.68. The summed E-state index contributed by atoms with van der Waals surface area (Å²) in [6.45, 7) is 0.601. The van der Waals surface area contributed by atoms with Gasteiger partial charge in [0.15, 0.2) is 0 Å². The Morgan fingerprint density at radius 1 is 1.23 bits per heavy atom. The summed E-state index contributed by atoms with van der Waals surface area (Å²) in [5, 5.41) is 0.920. The highest BCUT2D eigenvalue weighted by atomic mass is 35.5. The summed E-state index contributed by atoms with van der Waals surface area (Å²) >= 11 is 12.0. The highest BCUT2D eigenvalue weighted by molar-refractivity contribution is 6.42. The van der Waals surface area contributed by atoms with E-state index in [0.29, 0.717) is 16.6 Å². The van der Waals surface area contributed by atoms with Gasteiger partial charge in [0.05, 0.1) is 10.0 Å². The third kappa shape index (κ3) is 4.58. The number of likely N-dealkylation sites (N-methyl/N-ethyl adjacent to an activating group) is 1. The van der Waals surface area contributed by atoms with E-state index >= 15 is 0 Å². The van der Waals surface area contributed by atoms with Crippen LogP contribution in [-0.4, -0.2) is 29.4 Å². The van der Waals surface area contributed by atoms with Crippen molar-refractivity contribution in [3.05, 3.63) is 70.0 Å². The van der Waals surface area contributed by atoms with Gasteiger partial charge in [0, 0.05) is 38.0 Å². The van der Waals surface area contributed by atoms with Gasteiger partial charge in [-0.1, -0.05) is 41.4 Å². The maximum atomic E-state index is 12.1. The van der Waals surface area contributed by atoms with E-state index < -0.39 is 0 Å². The van der Waals surface area contributed by atoms with Crippen LogP contribution in [0.3, 0.4) is 0 Å². The molecule has 0 unspecified atom stereocenters. The van der Waals surface area contributed by atoms with Crippen molar-refractivity contribution in [3.63, 3.8) is 0 Å². The number of nitrogens with zero attached hydrogens (tertiary/aromatic N) is 2. The predicted octanol–water partition coefficient (Wildman–Crippen LogP) is 4.10. The van der Waals surface area contributed by atoms with Gasteiger partial charge in [-0.15, -0.1) is 0 Å². The van der Waals surface area contributed by atoms with Crippen molar-refractivity contribution in [1.29, 1.82) is 0 Å². The van der Waals surface area contributed by atoms with Gasteiger partial charge in [-0.2, -0.15) is 0 Å². The van der Waals surface area contributed by atoms with Gasteiger partial charge in [-0.25, -0.2) is 0 Å². The minimum absolute atomic E-state index is 0.0908. The fourth-order valence-electron chi connectivity index (χ4n) is 1.88. The zero-order valence-corrected chi connectivity index (χ0v) is 13.7. The van der Waals surface area contributed by atoms with Gasteiger partial charge in [0.25, 0.3) is 0 Å². The predicted molar refractivity (Wildman–Crippen MR) is 91.1 cm³/mol. The molecule has 0 aliphatic rings. The Balaban J connectivity index is 1.93. The second-order valence-corrected chi connectivity index (χ2v) is 5.59. The number of amides is 1. The first-order chi connectivity index (χ1) is 10.6. The van der Waals surface area contributed by atoms with Crippen molar-refractivity contribution in [2.75, 3.05) is 13.6 Å². The summed E-state index contributed by atoms with van der Waals surface area (Å²) in [5.74, 6) is -0.0908. The lowest BCUT2D eigenvalue weighted by atomic mass is 10.2. The van der Waals surface area contributed by atoms with E-state index in [1.165, 1.54) is 6.08 Å². The van der Waals surface area contributed by atoms with Gasteiger partial charge in [-0.05, 0) is 29.8 Å². The molecule has 0 bridgehead atoms. The lowest BCUT2D eigenvalue weighted by Crippen LogP contribution is -2.27. The molecule has 1 aromatic heterocycles. The van der Waals surface area contributed by atoms with Crippen LogP contribution in [0, 0.1) is 0 Å². The molecule has 1 amide bonds. The number of carbonyl (C=O) groups is 1. The van der Waals surface area contributed by atoms with Crippen molar-refractivity contribution in [2.24, 2.45) is 0 Å². The Labute approximate surface area is 140 Å². The van der Waals surface area contributed by atoms with Crippen LogP contribution in [0.25, 0.3) is 6.08 Å². The summed E-state index contributed by atoms with van der Waals surface area (Å²) in [6, 6.07) is 11.1. The zero-order valence-electron chi connectivity index (χ0n) is 12.2. The quantitative estimate of drug-likeness (QED) is 0.771. The highest BCUT2D eigenvalue weighted by Crippen LogP contribution is 2.26. The lowest BCUT2D eigenvalue weighted by molar-refractivity contribution is -0.124. The third-order valence-corrected chi connectivity index (χ3v) is 4.03. The Bertz CT molecular complexity index is 672. The Morgan fingerprint density at radius 2 is 2.05 bits per heavy atom. The monoisotopic (exact) mass is 334 g/mol. The molecule has 1 heterocycles. The number of hydrogen-bond acceptors (Lipinski definition) is 2. The molecular formula is C17H16Cl2N2O. The molecular weight excluding hydrogens is 319 g/mol. The molecule has 0 fully saturated rings. The van der Waals surface area contributed by atoms with Crippen LogP contribution in [0.15, 0.2) is 48.7 Å². The number of hydrogen-bond donors (Lipinski definition) is 0. The molecule has 0 radical (unpaired) electrons. The van der Waals surface area contributed by atoms with Crippen LogP contribution in [-0.2, 0) is 11.2 Å². The molecule has 114 valence electrons. The van der Waals surface area contributed by atoms with Gasteiger partial charge < -0.3 is 4.90 Å². The number of carbonyl (C=O) groups excluding carboxylic acids is 1. The molecule has 5 heteroatoms. The summed E-state index contributed by atoms with van der Waals surface area (Å²) < 4.78 is 0. The molecule has 0 atom stereocenters. The van der Waals surface area contributed by atoms with Crippen molar-refractivity contribution in [1.82, 2.24) is 9.88 Å². The van der Waals surface area contributed by atoms with E-state index in [9.17, 15) is 4.79 Å². The Morgan fingerprint density at radius 3 is 2.77 bits per heavy atom. The average Bonchev–Trinajstić information content (AvgIpc) is 2.54. The molecule has 0 aliphatic heterocycles. The molecule has 0 saturated carbocycles. The summed E-state index contributed by atoms with van der Waals surface area (Å²) in [6.07, 6.45) is 5.64. The first-order valence-corrected chi connectivity index (χ1v) is 7.60. The van der Waals surface area contributed by atoms with E-state index in [-0.39, 0.29) is 5.91 Å². The van der Waals surface area contributed by atoms with Gasteiger partial charge >= 0.3 is 0 Å².